The molecule has 1 unspecified atom stereocenters. The second-order valence-electron chi connectivity index (χ2n) is 5.68. The van der Waals surface area contributed by atoms with E-state index in [1.165, 1.54) is 25.7 Å². The molecule has 112 valence electrons. The van der Waals surface area contributed by atoms with Gasteiger partial charge in [-0.15, -0.1) is 0 Å². The molecule has 0 saturated heterocycles. The van der Waals surface area contributed by atoms with E-state index in [1.54, 1.807) is 0 Å². The van der Waals surface area contributed by atoms with Crippen LogP contribution >= 0.6 is 0 Å². The van der Waals surface area contributed by atoms with Gasteiger partial charge in [0, 0.05) is 6.54 Å². The van der Waals surface area contributed by atoms with Crippen LogP contribution in [0.5, 0.6) is 0 Å². The summed E-state index contributed by atoms with van der Waals surface area (Å²) >= 11 is 0. The molecule has 7 heteroatoms. The van der Waals surface area contributed by atoms with Crippen LogP contribution in [0, 0.1) is 17.8 Å². The van der Waals surface area contributed by atoms with Crippen molar-refractivity contribution >= 4 is 18.0 Å². The second-order valence-corrected chi connectivity index (χ2v) is 5.68. The molecular weight excluding hydrogens is 264 g/mol. The van der Waals surface area contributed by atoms with Crippen molar-refractivity contribution < 1.29 is 24.6 Å². The van der Waals surface area contributed by atoms with Crippen molar-refractivity contribution in [2.45, 2.75) is 38.1 Å². The van der Waals surface area contributed by atoms with E-state index >= 15 is 0 Å². The molecule has 0 heterocycles. The van der Waals surface area contributed by atoms with Crippen molar-refractivity contribution in [3.8, 4) is 0 Å². The second kappa shape index (κ2) is 6.11. The number of urea groups is 1. The summed E-state index contributed by atoms with van der Waals surface area (Å²) in [5.41, 5.74) is 0. The number of hydrogen-bond acceptors (Lipinski definition) is 3. The van der Waals surface area contributed by atoms with E-state index in [4.69, 9.17) is 10.2 Å². The molecule has 4 N–H and O–H groups in total. The number of carbonyl (C=O) groups is 3. The Kier molecular flexibility index (Phi) is 4.46. The highest BCUT2D eigenvalue weighted by Gasteiger charge is 2.41. The lowest BCUT2D eigenvalue weighted by atomic mass is 9.98. The fourth-order valence-electron chi connectivity index (χ4n) is 2.56. The van der Waals surface area contributed by atoms with Gasteiger partial charge < -0.3 is 20.8 Å². The van der Waals surface area contributed by atoms with Gasteiger partial charge in [-0.25, -0.2) is 9.59 Å². The molecule has 0 radical (unpaired) electrons. The Morgan fingerprint density at radius 2 is 1.60 bits per heavy atom. The maximum atomic E-state index is 11.7. The Hall–Kier alpha value is -1.79. The summed E-state index contributed by atoms with van der Waals surface area (Å²) in [7, 11) is 0. The summed E-state index contributed by atoms with van der Waals surface area (Å²) in [5.74, 6) is -0.729. The van der Waals surface area contributed by atoms with Gasteiger partial charge in [-0.1, -0.05) is 0 Å². The summed E-state index contributed by atoms with van der Waals surface area (Å²) in [6.07, 6.45) is 4.21. The highest BCUT2D eigenvalue weighted by Crippen LogP contribution is 2.48. The summed E-state index contributed by atoms with van der Waals surface area (Å²) in [6.45, 7) is 0.542. The molecular formula is C13H20N2O5. The van der Waals surface area contributed by atoms with Gasteiger partial charge in [0.2, 0.25) is 0 Å². The molecule has 0 aromatic heterocycles. The highest BCUT2D eigenvalue weighted by molar-refractivity contribution is 5.86. The molecule has 7 nitrogen and oxygen atoms in total. The summed E-state index contributed by atoms with van der Waals surface area (Å²) in [4.78, 5) is 33.0. The number of hydrogen-bond donors (Lipinski definition) is 4. The Morgan fingerprint density at radius 1 is 1.05 bits per heavy atom. The van der Waals surface area contributed by atoms with Crippen molar-refractivity contribution in [3.63, 3.8) is 0 Å². The average molecular weight is 284 g/mol. The fourth-order valence-corrected chi connectivity index (χ4v) is 2.56. The van der Waals surface area contributed by atoms with Crippen LogP contribution in [-0.4, -0.2) is 40.8 Å². The first kappa shape index (κ1) is 14.6. The molecule has 1 atom stereocenters. The summed E-state index contributed by atoms with van der Waals surface area (Å²) < 4.78 is 0. The van der Waals surface area contributed by atoms with E-state index < -0.39 is 30.4 Å². The zero-order valence-electron chi connectivity index (χ0n) is 11.2. The number of aliphatic carboxylic acids is 2. The van der Waals surface area contributed by atoms with E-state index in [0.717, 1.165) is 0 Å². The molecule has 2 rings (SSSR count). The lowest BCUT2D eigenvalue weighted by Crippen LogP contribution is -2.48. The average Bonchev–Trinajstić information content (AvgIpc) is 3.22. The van der Waals surface area contributed by atoms with Crippen LogP contribution in [0.25, 0.3) is 0 Å². The monoisotopic (exact) mass is 284 g/mol. The highest BCUT2D eigenvalue weighted by atomic mass is 16.4. The van der Waals surface area contributed by atoms with Crippen molar-refractivity contribution in [1.29, 1.82) is 0 Å². The third kappa shape index (κ3) is 4.40. The zero-order valence-corrected chi connectivity index (χ0v) is 11.2. The van der Waals surface area contributed by atoms with Crippen LogP contribution < -0.4 is 10.6 Å². The Labute approximate surface area is 116 Å². The molecule has 0 bridgehead atoms. The van der Waals surface area contributed by atoms with E-state index in [2.05, 4.69) is 10.6 Å². The predicted octanol–water partition coefficient (Wildman–Crippen LogP) is 0.650. The van der Waals surface area contributed by atoms with Crippen LogP contribution in [0.2, 0.25) is 0 Å². The first-order chi connectivity index (χ1) is 9.47. The Morgan fingerprint density at radius 3 is 2.00 bits per heavy atom. The van der Waals surface area contributed by atoms with Crippen LogP contribution in [0.1, 0.15) is 32.1 Å². The van der Waals surface area contributed by atoms with Gasteiger partial charge >= 0.3 is 18.0 Å². The van der Waals surface area contributed by atoms with Crippen molar-refractivity contribution in [3.05, 3.63) is 0 Å². The zero-order chi connectivity index (χ0) is 14.7. The van der Waals surface area contributed by atoms with Gasteiger partial charge in [0.05, 0.1) is 6.42 Å². The molecule has 2 amide bonds. The molecule has 2 aliphatic carbocycles. The number of carbonyl (C=O) groups excluding carboxylic acids is 1. The largest absolute Gasteiger partial charge is 0.481 e. The maximum absolute atomic E-state index is 11.7. The van der Waals surface area contributed by atoms with E-state index in [9.17, 15) is 14.4 Å². The van der Waals surface area contributed by atoms with Crippen molar-refractivity contribution in [1.82, 2.24) is 10.6 Å². The SMILES string of the molecule is O=C(O)CC(NC(=O)NCC(C1CC1)C1CC1)C(=O)O. The first-order valence-electron chi connectivity index (χ1n) is 6.96. The molecule has 0 aliphatic heterocycles. The van der Waals surface area contributed by atoms with Crippen LogP contribution in [0.3, 0.4) is 0 Å². The molecule has 0 aromatic carbocycles. The van der Waals surface area contributed by atoms with Gasteiger partial charge in [-0.3, -0.25) is 4.79 Å². The minimum atomic E-state index is -1.40. The predicted molar refractivity (Wildman–Crippen MR) is 69.1 cm³/mol. The van der Waals surface area contributed by atoms with E-state index in [0.29, 0.717) is 24.3 Å². The van der Waals surface area contributed by atoms with E-state index in [-0.39, 0.29) is 0 Å². The molecule has 2 saturated carbocycles. The number of carboxylic acids is 2. The van der Waals surface area contributed by atoms with Gasteiger partial charge in [-0.2, -0.15) is 0 Å². The lowest BCUT2D eigenvalue weighted by Gasteiger charge is -2.18. The van der Waals surface area contributed by atoms with Gasteiger partial charge in [0.15, 0.2) is 0 Å². The third-order valence-electron chi connectivity index (χ3n) is 3.94. The first-order valence-corrected chi connectivity index (χ1v) is 6.96. The van der Waals surface area contributed by atoms with Crippen LogP contribution in [-0.2, 0) is 9.59 Å². The Balaban J connectivity index is 1.75. The van der Waals surface area contributed by atoms with Gasteiger partial charge in [0.1, 0.15) is 6.04 Å². The van der Waals surface area contributed by atoms with Gasteiger partial charge in [0.25, 0.3) is 0 Å². The molecule has 0 spiro atoms. The maximum Gasteiger partial charge on any atom is 0.326 e. The molecule has 2 fully saturated rings. The van der Waals surface area contributed by atoms with Gasteiger partial charge in [-0.05, 0) is 43.4 Å². The summed E-state index contributed by atoms with van der Waals surface area (Å²) in [6, 6.07) is -2.00. The van der Waals surface area contributed by atoms with Crippen LogP contribution in [0.4, 0.5) is 4.79 Å². The summed E-state index contributed by atoms with van der Waals surface area (Å²) in [5, 5.41) is 22.3. The smallest absolute Gasteiger partial charge is 0.326 e. The standard InChI is InChI=1S/C13H20N2O5/c16-11(17)5-10(12(18)19)15-13(20)14-6-9(7-1-2-7)8-3-4-8/h7-10H,1-6H2,(H,16,17)(H,18,19)(H2,14,15,20). The van der Waals surface area contributed by atoms with E-state index in [1.807, 2.05) is 0 Å². The van der Waals surface area contributed by atoms with Crippen molar-refractivity contribution in [2.24, 2.45) is 17.8 Å². The quantitative estimate of drug-likeness (QED) is 0.522. The fraction of sp³-hybridized carbons (Fsp3) is 0.769. The molecule has 2 aliphatic rings. The number of nitrogens with one attached hydrogen (secondary N) is 2. The normalized spacial score (nSPS) is 19.4. The van der Waals surface area contributed by atoms with Crippen LogP contribution in [0.15, 0.2) is 0 Å². The third-order valence-corrected chi connectivity index (χ3v) is 3.94. The molecule has 0 aromatic rings. The Bertz CT molecular complexity index is 392. The number of amides is 2. The number of rotatable bonds is 8. The topological polar surface area (TPSA) is 116 Å². The molecule has 20 heavy (non-hydrogen) atoms. The minimum absolute atomic E-state index is 0.489. The van der Waals surface area contributed by atoms with Crippen molar-refractivity contribution in [2.75, 3.05) is 6.54 Å². The minimum Gasteiger partial charge on any atom is -0.481 e. The number of carboxylic acid groups (broad SMARTS) is 2. The lowest BCUT2D eigenvalue weighted by molar-refractivity contribution is -0.145.